The number of ether oxygens (including phenoxy) is 1. The van der Waals surface area contributed by atoms with Crippen molar-refractivity contribution in [2.75, 3.05) is 12.4 Å². The van der Waals surface area contributed by atoms with E-state index in [1.54, 1.807) is 6.07 Å². The van der Waals surface area contributed by atoms with Gasteiger partial charge in [-0.3, -0.25) is 0 Å². The summed E-state index contributed by atoms with van der Waals surface area (Å²) in [5.41, 5.74) is 4.83. The van der Waals surface area contributed by atoms with Gasteiger partial charge in [-0.05, 0) is 12.1 Å². The lowest BCUT2D eigenvalue weighted by atomic mass is 10.3. The molecule has 0 aromatic heterocycles. The van der Waals surface area contributed by atoms with Crippen LogP contribution >= 0.6 is 0 Å². The predicted molar refractivity (Wildman–Crippen MR) is 46.2 cm³/mol. The summed E-state index contributed by atoms with van der Waals surface area (Å²) in [6.45, 7) is 0. The van der Waals surface area contributed by atoms with Gasteiger partial charge in [0.1, 0.15) is 0 Å². The van der Waals surface area contributed by atoms with Gasteiger partial charge in [0.25, 0.3) is 0 Å². The van der Waals surface area contributed by atoms with Crippen LogP contribution in [0.3, 0.4) is 0 Å². The number of anilines is 1. The number of rotatable bonds is 2. The Bertz CT molecular complexity index is 328. The first kappa shape index (κ1) is 9.31. The van der Waals surface area contributed by atoms with Crippen LogP contribution in [0.15, 0.2) is 18.2 Å². The molecule has 0 atom stereocenters. The number of halogens is 1. The maximum atomic E-state index is 13.2. The molecule has 5 heteroatoms. The Kier molecular flexibility index (Phi) is 2.69. The van der Waals surface area contributed by atoms with Crippen molar-refractivity contribution in [2.45, 2.75) is 0 Å². The van der Waals surface area contributed by atoms with Gasteiger partial charge in [0, 0.05) is 0 Å². The lowest BCUT2D eigenvalue weighted by Crippen LogP contribution is -2.20. The molecule has 0 aliphatic carbocycles. The molecule has 0 fully saturated rings. The molecule has 13 heavy (non-hydrogen) atoms. The molecule has 1 aromatic rings. The first-order chi connectivity index (χ1) is 6.15. The highest BCUT2D eigenvalue weighted by atomic mass is 19.1. The molecule has 3 N–H and O–H groups in total. The van der Waals surface area contributed by atoms with Crippen molar-refractivity contribution in [3.8, 4) is 5.75 Å². The second kappa shape index (κ2) is 3.75. The third kappa shape index (κ3) is 2.08. The largest absolute Gasteiger partial charge is 0.494 e. The van der Waals surface area contributed by atoms with Crippen LogP contribution in [0.25, 0.3) is 0 Å². The van der Waals surface area contributed by atoms with Crippen LogP contribution in [0.1, 0.15) is 0 Å². The third-order valence-electron chi connectivity index (χ3n) is 1.44. The first-order valence-corrected chi connectivity index (χ1v) is 3.54. The van der Waals surface area contributed by atoms with Crippen LogP contribution in [0, 0.1) is 5.82 Å². The number of nitrogens with one attached hydrogen (secondary N) is 1. The van der Waals surface area contributed by atoms with Crippen LogP contribution in [-0.2, 0) is 0 Å². The maximum Gasteiger partial charge on any atom is 0.316 e. The van der Waals surface area contributed by atoms with Crippen LogP contribution in [0.5, 0.6) is 5.75 Å². The molecule has 0 saturated carbocycles. The minimum Gasteiger partial charge on any atom is -0.494 e. The van der Waals surface area contributed by atoms with Gasteiger partial charge in [0.15, 0.2) is 11.6 Å². The highest BCUT2D eigenvalue weighted by Crippen LogP contribution is 2.23. The molecular weight excluding hydrogens is 175 g/mol. The Hall–Kier alpha value is -1.78. The van der Waals surface area contributed by atoms with Crippen molar-refractivity contribution < 1.29 is 13.9 Å². The van der Waals surface area contributed by atoms with Crippen molar-refractivity contribution >= 4 is 11.7 Å². The number of nitrogens with two attached hydrogens (primary N) is 1. The minimum absolute atomic E-state index is 0.00634. The van der Waals surface area contributed by atoms with E-state index in [2.05, 4.69) is 5.32 Å². The quantitative estimate of drug-likeness (QED) is 0.728. The Morgan fingerprint density at radius 1 is 1.62 bits per heavy atom. The lowest BCUT2D eigenvalue weighted by molar-refractivity contribution is 0.259. The Labute approximate surface area is 74.5 Å². The average molecular weight is 184 g/mol. The summed E-state index contributed by atoms with van der Waals surface area (Å²) in [4.78, 5) is 10.4. The summed E-state index contributed by atoms with van der Waals surface area (Å²) >= 11 is 0. The number of primary amides is 1. The van der Waals surface area contributed by atoms with Crippen molar-refractivity contribution in [3.63, 3.8) is 0 Å². The zero-order valence-corrected chi connectivity index (χ0v) is 7.00. The standard InChI is InChI=1S/C8H9FN2O2/c1-13-6-4-2-3-5(7(6)9)11-8(10)12/h2-4H,1H3,(H3,10,11,12). The van der Waals surface area contributed by atoms with E-state index in [9.17, 15) is 9.18 Å². The molecule has 0 bridgehead atoms. The number of carbonyl (C=O) groups excluding carboxylic acids is 1. The van der Waals surface area contributed by atoms with Crippen molar-refractivity contribution in [1.82, 2.24) is 0 Å². The summed E-state index contributed by atoms with van der Waals surface area (Å²) in [5, 5.41) is 2.13. The first-order valence-electron chi connectivity index (χ1n) is 3.54. The number of hydrogen-bond donors (Lipinski definition) is 2. The zero-order chi connectivity index (χ0) is 9.84. The monoisotopic (exact) mass is 184 g/mol. The second-order valence-corrected chi connectivity index (χ2v) is 2.31. The SMILES string of the molecule is COc1cccc(NC(N)=O)c1F. The van der Waals surface area contributed by atoms with Gasteiger partial charge in [-0.1, -0.05) is 6.07 Å². The molecule has 1 rings (SSSR count). The summed E-state index contributed by atoms with van der Waals surface area (Å²) in [7, 11) is 1.34. The van der Waals surface area contributed by atoms with E-state index < -0.39 is 11.8 Å². The fourth-order valence-corrected chi connectivity index (χ4v) is 0.898. The number of amides is 2. The summed E-state index contributed by atoms with van der Waals surface area (Å²) in [6, 6.07) is 3.57. The predicted octanol–water partition coefficient (Wildman–Crippen LogP) is 1.32. The zero-order valence-electron chi connectivity index (χ0n) is 7.00. The molecule has 0 spiro atoms. The maximum absolute atomic E-state index is 13.2. The van der Waals surface area contributed by atoms with Crippen LogP contribution < -0.4 is 15.8 Å². The molecule has 1 aromatic carbocycles. The smallest absolute Gasteiger partial charge is 0.316 e. The fourth-order valence-electron chi connectivity index (χ4n) is 0.898. The van der Waals surface area contributed by atoms with Crippen molar-refractivity contribution in [2.24, 2.45) is 5.73 Å². The third-order valence-corrected chi connectivity index (χ3v) is 1.44. The molecule has 0 saturated heterocycles. The molecule has 0 heterocycles. The van der Waals surface area contributed by atoms with Gasteiger partial charge >= 0.3 is 6.03 Å². The number of carbonyl (C=O) groups is 1. The molecular formula is C8H9FN2O2. The van der Waals surface area contributed by atoms with Crippen LogP contribution in [-0.4, -0.2) is 13.1 Å². The summed E-state index contributed by atoms with van der Waals surface area (Å²) in [5.74, 6) is -0.574. The van der Waals surface area contributed by atoms with Gasteiger partial charge < -0.3 is 15.8 Å². The fraction of sp³-hybridized carbons (Fsp3) is 0.125. The van der Waals surface area contributed by atoms with E-state index in [0.29, 0.717) is 0 Å². The summed E-state index contributed by atoms with van der Waals surface area (Å²) in [6.07, 6.45) is 0. The van der Waals surface area contributed by atoms with E-state index in [0.717, 1.165) is 0 Å². The van der Waals surface area contributed by atoms with Crippen molar-refractivity contribution in [3.05, 3.63) is 24.0 Å². The van der Waals surface area contributed by atoms with Gasteiger partial charge in [0.2, 0.25) is 0 Å². The Morgan fingerprint density at radius 2 is 2.31 bits per heavy atom. The number of methoxy groups -OCH3 is 1. The van der Waals surface area contributed by atoms with Gasteiger partial charge in [-0.2, -0.15) is 0 Å². The molecule has 70 valence electrons. The molecule has 0 unspecified atom stereocenters. The molecule has 4 nitrogen and oxygen atoms in total. The van der Waals surface area contributed by atoms with E-state index in [1.807, 2.05) is 0 Å². The topological polar surface area (TPSA) is 64.3 Å². The minimum atomic E-state index is -0.813. The van der Waals surface area contributed by atoms with Gasteiger partial charge in [0.05, 0.1) is 12.8 Å². The molecule has 0 aliphatic heterocycles. The number of hydrogen-bond acceptors (Lipinski definition) is 2. The number of benzene rings is 1. The van der Waals surface area contributed by atoms with Gasteiger partial charge in [-0.25, -0.2) is 9.18 Å². The van der Waals surface area contributed by atoms with Crippen LogP contribution in [0.2, 0.25) is 0 Å². The Morgan fingerprint density at radius 3 is 2.85 bits per heavy atom. The normalized spacial score (nSPS) is 9.38. The second-order valence-electron chi connectivity index (χ2n) is 2.31. The number of urea groups is 1. The highest BCUT2D eigenvalue weighted by molar-refractivity contribution is 5.88. The molecule has 0 radical (unpaired) electrons. The molecule has 0 aliphatic rings. The lowest BCUT2D eigenvalue weighted by Gasteiger charge is -2.06. The van der Waals surface area contributed by atoms with E-state index in [4.69, 9.17) is 10.5 Å². The van der Waals surface area contributed by atoms with Gasteiger partial charge in [-0.15, -0.1) is 0 Å². The van der Waals surface area contributed by atoms with Crippen LogP contribution in [0.4, 0.5) is 14.9 Å². The summed E-state index contributed by atoms with van der Waals surface area (Å²) < 4.78 is 17.9. The molecule has 2 amide bonds. The Balaban J connectivity index is 3.01. The van der Waals surface area contributed by atoms with E-state index in [-0.39, 0.29) is 11.4 Å². The highest BCUT2D eigenvalue weighted by Gasteiger charge is 2.08. The van der Waals surface area contributed by atoms with Crippen molar-refractivity contribution in [1.29, 1.82) is 0 Å². The average Bonchev–Trinajstić information content (AvgIpc) is 2.08. The van der Waals surface area contributed by atoms with E-state index >= 15 is 0 Å². The van der Waals surface area contributed by atoms with E-state index in [1.165, 1.54) is 19.2 Å².